The number of aryl methyl sites for hydroxylation is 2. The maximum absolute atomic E-state index is 2.35. The first kappa shape index (κ1) is 33.8. The van der Waals surface area contributed by atoms with Gasteiger partial charge in [0, 0.05) is 19.5 Å². The van der Waals surface area contributed by atoms with E-state index in [1.54, 1.807) is 0 Å². The number of hydrogen-bond acceptors (Lipinski definition) is 2. The Morgan fingerprint density at radius 1 is 0.315 bits per heavy atom. The Morgan fingerprint density at radius 3 is 1.54 bits per heavy atom. The molecule has 10 rings (SSSR count). The molecule has 0 aliphatic carbocycles. The van der Waals surface area contributed by atoms with Crippen molar-refractivity contribution in [1.29, 1.82) is 0 Å². The van der Waals surface area contributed by atoms with Gasteiger partial charge < -0.3 is 0 Å². The van der Waals surface area contributed by atoms with E-state index in [9.17, 15) is 0 Å². The lowest BCUT2D eigenvalue weighted by atomic mass is 9.85. The van der Waals surface area contributed by atoms with E-state index in [0.717, 1.165) is 0 Å². The Balaban J connectivity index is 0.000000189. The molecule has 2 heterocycles. The molecular formula is C52H38S2. The van der Waals surface area contributed by atoms with Crippen molar-refractivity contribution >= 4 is 55.0 Å². The lowest BCUT2D eigenvalue weighted by Crippen LogP contribution is -1.91. The van der Waals surface area contributed by atoms with Crippen molar-refractivity contribution in [3.8, 4) is 53.6 Å². The summed E-state index contributed by atoms with van der Waals surface area (Å²) in [5, 5.41) is 7.74. The van der Waals surface area contributed by atoms with Gasteiger partial charge in [-0.25, -0.2) is 0 Å². The summed E-state index contributed by atoms with van der Waals surface area (Å²) < 4.78 is 0. The Morgan fingerprint density at radius 2 is 0.833 bits per heavy atom. The second kappa shape index (κ2) is 14.8. The molecule has 0 nitrogen and oxygen atoms in total. The molecule has 0 radical (unpaired) electrons. The third kappa shape index (κ3) is 6.56. The summed E-state index contributed by atoms with van der Waals surface area (Å²) in [6.07, 6.45) is 0. The molecule has 0 saturated heterocycles. The largest absolute Gasteiger partial charge is 0.140 e. The number of benzene rings is 8. The van der Waals surface area contributed by atoms with Crippen LogP contribution in [0, 0.1) is 13.8 Å². The molecule has 0 aliphatic rings. The summed E-state index contributed by atoms with van der Waals surface area (Å²) in [5.41, 5.74) is 10.2. The summed E-state index contributed by atoms with van der Waals surface area (Å²) in [6.45, 7) is 4.34. The smallest absolute Gasteiger partial charge is 0.0449 e. The van der Waals surface area contributed by atoms with Crippen LogP contribution in [-0.2, 0) is 0 Å². The zero-order valence-electron chi connectivity index (χ0n) is 30.3. The van der Waals surface area contributed by atoms with Crippen molar-refractivity contribution in [2.45, 2.75) is 13.8 Å². The van der Waals surface area contributed by atoms with Crippen molar-refractivity contribution < 1.29 is 0 Å². The molecule has 2 aromatic heterocycles. The maximum atomic E-state index is 2.35. The van der Waals surface area contributed by atoms with Crippen LogP contribution in [0.1, 0.15) is 10.4 Å². The Hall–Kier alpha value is -6.06. The summed E-state index contributed by atoms with van der Waals surface area (Å²) in [7, 11) is 0. The monoisotopic (exact) mass is 726 g/mol. The van der Waals surface area contributed by atoms with Crippen LogP contribution in [0.2, 0.25) is 0 Å². The average molecular weight is 727 g/mol. The molecule has 8 aromatic carbocycles. The molecule has 54 heavy (non-hydrogen) atoms. The Kier molecular flexibility index (Phi) is 9.22. The van der Waals surface area contributed by atoms with Gasteiger partial charge in [-0.15, -0.1) is 22.7 Å². The standard InChI is InChI=1S/C37H26.C15H12S2/c1-25-18-23-34-35(24-25)37(28-11-3-2-4-12-28)33-16-8-7-15-32(33)36(34)29-21-19-27(20-22-29)31-17-9-13-26-10-5-6-14-30(26)31;1-11-7-8-14(16-11)15-10-9-13(17-15)12-5-3-2-4-6-12/h2-24H,1H3;2-10H,1H3. The van der Waals surface area contributed by atoms with Gasteiger partial charge in [-0.05, 0) is 109 Å². The predicted octanol–water partition coefficient (Wildman–Crippen LogP) is 15.9. The highest BCUT2D eigenvalue weighted by atomic mass is 32.1. The van der Waals surface area contributed by atoms with Crippen LogP contribution in [0.25, 0.3) is 85.9 Å². The SMILES string of the molecule is Cc1ccc(-c2ccc(-c3ccccc3)s2)s1.Cc1ccc2c(-c3ccc(-c4cccc5ccccc45)cc3)c3ccccc3c(-c3ccccc3)c2c1. The number of thiophene rings is 2. The molecule has 258 valence electrons. The minimum atomic E-state index is 1.24. The summed E-state index contributed by atoms with van der Waals surface area (Å²) >= 11 is 3.72. The van der Waals surface area contributed by atoms with E-state index in [-0.39, 0.29) is 0 Å². The van der Waals surface area contributed by atoms with E-state index in [1.807, 2.05) is 22.7 Å². The van der Waals surface area contributed by atoms with Crippen molar-refractivity contribution in [3.63, 3.8) is 0 Å². The zero-order valence-corrected chi connectivity index (χ0v) is 31.9. The van der Waals surface area contributed by atoms with Gasteiger partial charge in [0.05, 0.1) is 0 Å². The zero-order chi connectivity index (χ0) is 36.4. The Labute approximate surface area is 325 Å². The van der Waals surface area contributed by atoms with Gasteiger partial charge in [0.2, 0.25) is 0 Å². The van der Waals surface area contributed by atoms with E-state index in [2.05, 4.69) is 208 Å². The van der Waals surface area contributed by atoms with Gasteiger partial charge in [-0.2, -0.15) is 0 Å². The van der Waals surface area contributed by atoms with Crippen molar-refractivity contribution in [1.82, 2.24) is 0 Å². The van der Waals surface area contributed by atoms with Gasteiger partial charge in [0.25, 0.3) is 0 Å². The predicted molar refractivity (Wildman–Crippen MR) is 238 cm³/mol. The second-order valence-corrected chi connectivity index (χ2v) is 16.1. The molecule has 10 aromatic rings. The lowest BCUT2D eigenvalue weighted by Gasteiger charge is -2.18. The molecule has 0 fully saturated rings. The average Bonchev–Trinajstić information content (AvgIpc) is 3.90. The fraction of sp³-hybridized carbons (Fsp3) is 0.0385. The highest BCUT2D eigenvalue weighted by Crippen LogP contribution is 2.44. The van der Waals surface area contributed by atoms with Crippen LogP contribution in [0.3, 0.4) is 0 Å². The molecular weight excluding hydrogens is 689 g/mol. The number of hydrogen-bond donors (Lipinski definition) is 0. The number of rotatable bonds is 5. The van der Waals surface area contributed by atoms with Crippen LogP contribution in [-0.4, -0.2) is 0 Å². The third-order valence-electron chi connectivity index (χ3n) is 10.2. The first-order chi connectivity index (χ1) is 26.6. The van der Waals surface area contributed by atoms with Crippen LogP contribution in [0.15, 0.2) is 194 Å². The van der Waals surface area contributed by atoms with Gasteiger partial charge >= 0.3 is 0 Å². The highest BCUT2D eigenvalue weighted by Gasteiger charge is 2.17. The molecule has 2 heteroatoms. The first-order valence-electron chi connectivity index (χ1n) is 18.4. The fourth-order valence-corrected chi connectivity index (χ4v) is 9.58. The van der Waals surface area contributed by atoms with E-state index >= 15 is 0 Å². The Bertz CT molecular complexity index is 2870. The number of fused-ring (bicyclic) bond motifs is 3. The fourth-order valence-electron chi connectivity index (χ4n) is 7.61. The van der Waals surface area contributed by atoms with E-state index in [4.69, 9.17) is 0 Å². The minimum Gasteiger partial charge on any atom is -0.140 e. The van der Waals surface area contributed by atoms with E-state index < -0.39 is 0 Å². The normalized spacial score (nSPS) is 11.1. The van der Waals surface area contributed by atoms with Crippen molar-refractivity contribution in [2.24, 2.45) is 0 Å². The molecule has 0 unspecified atom stereocenters. The lowest BCUT2D eigenvalue weighted by molar-refractivity contribution is 1.51. The molecule has 0 atom stereocenters. The molecule has 0 bridgehead atoms. The minimum absolute atomic E-state index is 1.24. The van der Waals surface area contributed by atoms with Gasteiger partial charge in [-0.3, -0.25) is 0 Å². The van der Waals surface area contributed by atoms with Crippen LogP contribution < -0.4 is 0 Å². The topological polar surface area (TPSA) is 0 Å². The molecule has 0 aliphatic heterocycles. The summed E-state index contributed by atoms with van der Waals surface area (Å²) in [6, 6.07) is 70.2. The maximum Gasteiger partial charge on any atom is 0.0449 e. The highest BCUT2D eigenvalue weighted by molar-refractivity contribution is 7.23. The molecule has 0 N–H and O–H groups in total. The van der Waals surface area contributed by atoms with E-state index in [0.29, 0.717) is 0 Å². The molecule has 0 saturated carbocycles. The third-order valence-corrected chi connectivity index (χ3v) is 12.5. The van der Waals surface area contributed by atoms with Crippen LogP contribution >= 0.6 is 22.7 Å². The summed E-state index contributed by atoms with van der Waals surface area (Å²) in [4.78, 5) is 5.44. The first-order valence-corrected chi connectivity index (χ1v) is 20.1. The summed E-state index contributed by atoms with van der Waals surface area (Å²) in [5.74, 6) is 0. The van der Waals surface area contributed by atoms with Gasteiger partial charge in [0.1, 0.15) is 0 Å². The molecule has 0 spiro atoms. The van der Waals surface area contributed by atoms with Crippen LogP contribution in [0.4, 0.5) is 0 Å². The van der Waals surface area contributed by atoms with Crippen molar-refractivity contribution in [3.05, 3.63) is 205 Å². The van der Waals surface area contributed by atoms with Gasteiger partial charge in [0.15, 0.2) is 0 Å². The molecule has 0 amide bonds. The van der Waals surface area contributed by atoms with Crippen molar-refractivity contribution in [2.75, 3.05) is 0 Å². The van der Waals surface area contributed by atoms with Crippen LogP contribution in [0.5, 0.6) is 0 Å². The second-order valence-electron chi connectivity index (χ2n) is 13.8. The van der Waals surface area contributed by atoms with Gasteiger partial charge in [-0.1, -0.05) is 175 Å². The van der Waals surface area contributed by atoms with E-state index in [1.165, 1.54) is 96.3 Å². The quantitative estimate of drug-likeness (QED) is 0.155.